The molecule has 2 aromatic rings. The average molecular weight is 366 g/mol. The van der Waals surface area contributed by atoms with Gasteiger partial charge < -0.3 is 16.3 Å². The first-order valence-electron chi connectivity index (χ1n) is 6.49. The minimum absolute atomic E-state index is 0.0898. The van der Waals surface area contributed by atoms with Crippen LogP contribution in [0.1, 0.15) is 24.1 Å². The Hall–Kier alpha value is -2.35. The SMILES string of the molecule is Cc1c(N)cccc1/C(N)=N/OC(=O)C(C)n1cc(Br)cn1. The van der Waals surface area contributed by atoms with Crippen molar-refractivity contribution in [2.45, 2.75) is 19.9 Å². The normalized spacial score (nSPS) is 13.0. The Balaban J connectivity index is 2.10. The molecule has 2 rings (SSSR count). The number of anilines is 1. The fraction of sp³-hybridized carbons (Fsp3) is 0.214. The lowest BCUT2D eigenvalue weighted by Gasteiger charge is -2.10. The topological polar surface area (TPSA) is 109 Å². The average Bonchev–Trinajstić information content (AvgIpc) is 2.93. The third-order valence-electron chi connectivity index (χ3n) is 3.19. The molecule has 1 aromatic carbocycles. The molecule has 0 saturated heterocycles. The first kappa shape index (κ1) is 16.0. The van der Waals surface area contributed by atoms with Crippen LogP contribution in [0, 0.1) is 6.92 Å². The molecule has 1 atom stereocenters. The Morgan fingerprint density at radius 3 is 2.86 bits per heavy atom. The maximum atomic E-state index is 12.0. The summed E-state index contributed by atoms with van der Waals surface area (Å²) >= 11 is 3.26. The van der Waals surface area contributed by atoms with Crippen LogP contribution in [-0.4, -0.2) is 21.6 Å². The number of nitrogens with two attached hydrogens (primary N) is 2. The van der Waals surface area contributed by atoms with Crippen molar-refractivity contribution in [1.82, 2.24) is 9.78 Å². The number of hydrogen-bond acceptors (Lipinski definition) is 5. The summed E-state index contributed by atoms with van der Waals surface area (Å²) in [4.78, 5) is 16.8. The molecule has 7 nitrogen and oxygen atoms in total. The van der Waals surface area contributed by atoms with E-state index in [1.807, 2.05) is 6.92 Å². The number of nitrogens with zero attached hydrogens (tertiary/aromatic N) is 3. The number of amidine groups is 1. The standard InChI is InChI=1S/C14H16BrN5O2/c1-8-11(4-3-5-12(8)16)13(17)19-22-14(21)9(2)20-7-10(15)6-18-20/h3-7,9H,16H2,1-2H3,(H2,17,19). The van der Waals surface area contributed by atoms with Crippen molar-refractivity contribution >= 4 is 33.4 Å². The van der Waals surface area contributed by atoms with Gasteiger partial charge in [0.2, 0.25) is 0 Å². The van der Waals surface area contributed by atoms with Crippen LogP contribution in [-0.2, 0) is 9.63 Å². The zero-order chi connectivity index (χ0) is 16.3. The van der Waals surface area contributed by atoms with E-state index in [4.69, 9.17) is 16.3 Å². The highest BCUT2D eigenvalue weighted by molar-refractivity contribution is 9.10. The number of hydrogen-bond donors (Lipinski definition) is 2. The van der Waals surface area contributed by atoms with E-state index in [1.165, 1.54) is 4.68 Å². The second kappa shape index (κ2) is 6.61. The van der Waals surface area contributed by atoms with E-state index in [-0.39, 0.29) is 5.84 Å². The Morgan fingerprint density at radius 1 is 1.50 bits per heavy atom. The van der Waals surface area contributed by atoms with Crippen molar-refractivity contribution in [1.29, 1.82) is 0 Å². The molecule has 0 aliphatic rings. The van der Waals surface area contributed by atoms with Gasteiger partial charge in [0.25, 0.3) is 0 Å². The molecule has 8 heteroatoms. The molecule has 0 aliphatic heterocycles. The maximum Gasteiger partial charge on any atom is 0.359 e. The molecular formula is C14H16BrN5O2. The van der Waals surface area contributed by atoms with Crippen LogP contribution in [0.4, 0.5) is 5.69 Å². The monoisotopic (exact) mass is 365 g/mol. The Kier molecular flexibility index (Phi) is 4.81. The number of halogens is 1. The van der Waals surface area contributed by atoms with Crippen LogP contribution in [0.5, 0.6) is 0 Å². The summed E-state index contributed by atoms with van der Waals surface area (Å²) in [5.74, 6) is -0.480. The first-order valence-corrected chi connectivity index (χ1v) is 7.29. The molecular weight excluding hydrogens is 350 g/mol. The molecule has 1 unspecified atom stereocenters. The summed E-state index contributed by atoms with van der Waals surface area (Å²) in [5, 5.41) is 7.71. The quantitative estimate of drug-likeness (QED) is 0.283. The largest absolute Gasteiger partial charge is 0.398 e. The summed E-state index contributed by atoms with van der Waals surface area (Å²) in [5.41, 5.74) is 13.7. The van der Waals surface area contributed by atoms with Crippen molar-refractivity contribution < 1.29 is 9.63 Å². The van der Waals surface area contributed by atoms with Crippen LogP contribution in [0.2, 0.25) is 0 Å². The van der Waals surface area contributed by atoms with Crippen LogP contribution in [0.25, 0.3) is 0 Å². The predicted octanol–water partition coefficient (Wildman–Crippen LogP) is 1.96. The van der Waals surface area contributed by atoms with Gasteiger partial charge in [-0.3, -0.25) is 4.68 Å². The lowest BCUT2D eigenvalue weighted by Crippen LogP contribution is -2.21. The molecule has 0 spiro atoms. The van der Waals surface area contributed by atoms with Crippen LogP contribution in [0.3, 0.4) is 0 Å². The molecule has 0 saturated carbocycles. The molecule has 0 fully saturated rings. The third kappa shape index (κ3) is 3.45. The van der Waals surface area contributed by atoms with E-state index in [0.717, 1.165) is 10.0 Å². The Morgan fingerprint density at radius 2 is 2.23 bits per heavy atom. The second-order valence-corrected chi connectivity index (χ2v) is 5.64. The van der Waals surface area contributed by atoms with Gasteiger partial charge in [0.15, 0.2) is 5.84 Å². The summed E-state index contributed by atoms with van der Waals surface area (Å²) in [7, 11) is 0. The van der Waals surface area contributed by atoms with Crippen LogP contribution >= 0.6 is 15.9 Å². The van der Waals surface area contributed by atoms with E-state index in [1.54, 1.807) is 37.5 Å². The first-order chi connectivity index (χ1) is 10.4. The van der Waals surface area contributed by atoms with Gasteiger partial charge in [-0.2, -0.15) is 5.10 Å². The number of benzene rings is 1. The molecule has 4 N–H and O–H groups in total. The molecule has 1 aromatic heterocycles. The summed E-state index contributed by atoms with van der Waals surface area (Å²) in [6, 6.07) is 4.65. The third-order valence-corrected chi connectivity index (χ3v) is 3.60. The molecule has 0 amide bonds. The van der Waals surface area contributed by atoms with E-state index in [9.17, 15) is 4.79 Å². The number of oxime groups is 1. The molecule has 116 valence electrons. The number of carbonyl (C=O) groups excluding carboxylic acids is 1. The molecule has 0 bridgehead atoms. The Bertz CT molecular complexity index is 726. The fourth-order valence-corrected chi connectivity index (χ4v) is 2.09. The number of carbonyl (C=O) groups is 1. The van der Waals surface area contributed by atoms with Gasteiger partial charge in [0.05, 0.1) is 10.7 Å². The van der Waals surface area contributed by atoms with E-state index >= 15 is 0 Å². The number of aromatic nitrogens is 2. The van der Waals surface area contributed by atoms with Gasteiger partial charge in [-0.05, 0) is 41.4 Å². The van der Waals surface area contributed by atoms with E-state index in [2.05, 4.69) is 26.2 Å². The highest BCUT2D eigenvalue weighted by Crippen LogP contribution is 2.16. The van der Waals surface area contributed by atoms with Crippen molar-refractivity contribution in [2.24, 2.45) is 10.9 Å². The smallest absolute Gasteiger partial charge is 0.359 e. The zero-order valence-electron chi connectivity index (χ0n) is 12.2. The minimum atomic E-state index is -0.621. The van der Waals surface area contributed by atoms with Crippen molar-refractivity contribution in [3.8, 4) is 0 Å². The van der Waals surface area contributed by atoms with Gasteiger partial charge in [0.1, 0.15) is 6.04 Å². The van der Waals surface area contributed by atoms with Crippen molar-refractivity contribution in [3.63, 3.8) is 0 Å². The minimum Gasteiger partial charge on any atom is -0.398 e. The second-order valence-electron chi connectivity index (χ2n) is 4.72. The lowest BCUT2D eigenvalue weighted by molar-refractivity contribution is -0.147. The van der Waals surface area contributed by atoms with Gasteiger partial charge in [-0.15, -0.1) is 0 Å². The maximum absolute atomic E-state index is 12.0. The molecule has 22 heavy (non-hydrogen) atoms. The molecule has 1 heterocycles. The number of rotatable bonds is 4. The summed E-state index contributed by atoms with van der Waals surface area (Å²) in [6.45, 7) is 3.47. The van der Waals surface area contributed by atoms with Crippen molar-refractivity contribution in [2.75, 3.05) is 5.73 Å². The highest BCUT2D eigenvalue weighted by atomic mass is 79.9. The van der Waals surface area contributed by atoms with Crippen molar-refractivity contribution in [3.05, 3.63) is 46.2 Å². The van der Waals surface area contributed by atoms with E-state index < -0.39 is 12.0 Å². The zero-order valence-corrected chi connectivity index (χ0v) is 13.7. The fourth-order valence-electron chi connectivity index (χ4n) is 1.79. The summed E-state index contributed by atoms with van der Waals surface area (Å²) in [6.07, 6.45) is 3.25. The molecule has 0 radical (unpaired) electrons. The van der Waals surface area contributed by atoms with Gasteiger partial charge in [-0.25, -0.2) is 4.79 Å². The predicted molar refractivity (Wildman–Crippen MR) is 87.0 cm³/mol. The summed E-state index contributed by atoms with van der Waals surface area (Å²) < 4.78 is 2.23. The lowest BCUT2D eigenvalue weighted by atomic mass is 10.1. The Labute approximate surface area is 136 Å². The van der Waals surface area contributed by atoms with Crippen LogP contribution in [0.15, 0.2) is 40.2 Å². The van der Waals surface area contributed by atoms with Gasteiger partial charge >= 0.3 is 5.97 Å². The van der Waals surface area contributed by atoms with Crippen LogP contribution < -0.4 is 11.5 Å². The van der Waals surface area contributed by atoms with Gasteiger partial charge in [-0.1, -0.05) is 17.3 Å². The highest BCUT2D eigenvalue weighted by Gasteiger charge is 2.18. The van der Waals surface area contributed by atoms with Gasteiger partial charge in [0, 0.05) is 17.4 Å². The van der Waals surface area contributed by atoms with E-state index in [0.29, 0.717) is 11.3 Å². The number of nitrogen functional groups attached to an aromatic ring is 1. The molecule has 0 aliphatic carbocycles.